The highest BCUT2D eigenvalue weighted by Gasteiger charge is 2.46. The van der Waals surface area contributed by atoms with E-state index in [-0.39, 0.29) is 6.85 Å². The molecule has 3 nitrogen and oxygen atoms in total. The van der Waals surface area contributed by atoms with E-state index in [1.54, 1.807) is 0 Å². The van der Waals surface area contributed by atoms with Crippen molar-refractivity contribution in [2.24, 2.45) is 0 Å². The molecule has 0 unspecified atom stereocenters. The molecule has 0 amide bonds. The lowest BCUT2D eigenvalue weighted by Crippen LogP contribution is -2.61. The van der Waals surface area contributed by atoms with Crippen molar-refractivity contribution in [1.82, 2.24) is 0 Å². The van der Waals surface area contributed by atoms with Gasteiger partial charge in [-0.3, -0.25) is 0 Å². The lowest BCUT2D eigenvalue weighted by atomic mass is 9.43. The van der Waals surface area contributed by atoms with Crippen LogP contribution in [0.5, 0.6) is 0 Å². The molecule has 0 fully saturated rings. The Bertz CT molecular complexity index is 3560. The van der Waals surface area contributed by atoms with Gasteiger partial charge in [-0.25, -0.2) is 0 Å². The molecule has 4 heteroatoms. The molecule has 63 heavy (non-hydrogen) atoms. The van der Waals surface area contributed by atoms with E-state index >= 15 is 0 Å². The minimum absolute atomic E-state index is 0.179. The molecular weight excluding hydrogens is 763 g/mol. The highest BCUT2D eigenvalue weighted by Crippen LogP contribution is 2.51. The topological polar surface area (TPSA) is 19.6 Å². The Hall–Kier alpha value is -8.08. The van der Waals surface area contributed by atoms with Gasteiger partial charge in [0.15, 0.2) is 5.58 Å². The van der Waals surface area contributed by atoms with Crippen LogP contribution in [0.2, 0.25) is 0 Å². The Balaban J connectivity index is 1.11. The van der Waals surface area contributed by atoms with E-state index in [0.29, 0.717) is 0 Å². The van der Waals surface area contributed by atoms with Crippen molar-refractivity contribution in [3.05, 3.63) is 224 Å². The van der Waals surface area contributed by atoms with E-state index in [0.717, 1.165) is 50.3 Å². The Kier molecular flexibility index (Phi) is 7.92. The molecule has 1 aromatic heterocycles. The van der Waals surface area contributed by atoms with Gasteiger partial charge in [-0.15, -0.1) is 0 Å². The summed E-state index contributed by atoms with van der Waals surface area (Å²) in [6.07, 6.45) is 0. The van der Waals surface area contributed by atoms with Crippen LogP contribution >= 0.6 is 0 Å². The number of hydrogen-bond acceptors (Lipinski definition) is 3. The highest BCUT2D eigenvalue weighted by molar-refractivity contribution is 6.94. The number of nitrogens with zero attached hydrogens (tertiary/aromatic N) is 2. The first-order valence-electron chi connectivity index (χ1n) is 21.8. The molecule has 11 aromatic rings. The van der Waals surface area contributed by atoms with E-state index in [1.165, 1.54) is 71.9 Å². The summed E-state index contributed by atoms with van der Waals surface area (Å²) in [4.78, 5) is 5.08. The normalized spacial score (nSPS) is 12.7. The molecule has 0 spiro atoms. The van der Waals surface area contributed by atoms with Crippen molar-refractivity contribution in [2.75, 3.05) is 9.71 Å². The molecule has 0 aliphatic carbocycles. The fourth-order valence-electron chi connectivity index (χ4n) is 10.3. The van der Waals surface area contributed by atoms with Crippen molar-refractivity contribution in [1.29, 1.82) is 0 Å². The standard InChI is InChI=1S/C59H39BN2O/c1-38-33-52-49-30-31-50-51-35-44-19-11-12-20-45(44)37-56(51)63-59(50)58(49)62(48-28-23-43(24-29-48)40-15-7-3-8-16-40)60-53-36-46(41-17-9-4-10-18-41)25-32-54(53)61(55(34-38)57(52)60)47-26-21-42(22-27-47)39-13-5-2-6-14-39/h2-37H,1H3. The molecule has 0 saturated heterocycles. The van der Waals surface area contributed by atoms with Gasteiger partial charge in [0, 0.05) is 39.1 Å². The largest absolute Gasteiger partial charge is 0.454 e. The molecule has 0 saturated carbocycles. The van der Waals surface area contributed by atoms with Crippen LogP contribution in [-0.4, -0.2) is 6.85 Å². The summed E-state index contributed by atoms with van der Waals surface area (Å²) in [6.45, 7) is 2.05. The van der Waals surface area contributed by atoms with Gasteiger partial charge < -0.3 is 14.1 Å². The quantitative estimate of drug-likeness (QED) is 0.162. The van der Waals surface area contributed by atoms with Gasteiger partial charge in [-0.1, -0.05) is 164 Å². The summed E-state index contributed by atoms with van der Waals surface area (Å²) >= 11 is 0. The Morgan fingerprint density at radius 2 is 0.968 bits per heavy atom. The maximum Gasteiger partial charge on any atom is 0.333 e. The van der Waals surface area contributed by atoms with E-state index in [1.807, 2.05) is 0 Å². The zero-order chi connectivity index (χ0) is 41.6. The molecule has 0 bridgehead atoms. The SMILES string of the molecule is Cc1cc2c3c(c1)N(c1ccc(-c4ccccc4)cc1)c1ccc(-c4ccccc4)cc1B3N(c1ccc(-c3ccccc3)cc1)c1c-2ccc2c1oc1cc3ccccc3cc12. The molecular formula is C59H39BN2O. The molecule has 0 N–H and O–H groups in total. The first-order chi connectivity index (χ1) is 31.1. The number of anilines is 5. The minimum Gasteiger partial charge on any atom is -0.454 e. The average Bonchev–Trinajstić information content (AvgIpc) is 3.71. The van der Waals surface area contributed by atoms with E-state index in [9.17, 15) is 0 Å². The van der Waals surface area contributed by atoms with Crippen LogP contribution in [0, 0.1) is 6.92 Å². The maximum atomic E-state index is 7.16. The number of rotatable bonds is 5. The van der Waals surface area contributed by atoms with Crippen LogP contribution in [0.3, 0.4) is 0 Å². The number of benzene rings is 10. The Labute approximate surface area is 366 Å². The molecule has 2 aliphatic heterocycles. The third-order valence-electron chi connectivity index (χ3n) is 13.2. The van der Waals surface area contributed by atoms with Gasteiger partial charge in [0.25, 0.3) is 0 Å². The minimum atomic E-state index is -0.179. The van der Waals surface area contributed by atoms with Gasteiger partial charge >= 0.3 is 6.85 Å². The van der Waals surface area contributed by atoms with E-state index in [4.69, 9.17) is 4.42 Å². The summed E-state index contributed by atoms with van der Waals surface area (Å²) in [5.74, 6) is 0. The summed E-state index contributed by atoms with van der Waals surface area (Å²) in [6, 6.07) is 79.8. The Morgan fingerprint density at radius 1 is 0.413 bits per heavy atom. The molecule has 2 aliphatic rings. The first kappa shape index (κ1) is 35.7. The first-order valence-corrected chi connectivity index (χ1v) is 21.8. The predicted molar refractivity (Wildman–Crippen MR) is 266 cm³/mol. The molecule has 0 radical (unpaired) electrons. The number of aryl methyl sites for hydroxylation is 1. The van der Waals surface area contributed by atoms with Crippen LogP contribution in [0.4, 0.5) is 28.4 Å². The molecule has 10 aromatic carbocycles. The van der Waals surface area contributed by atoms with Crippen molar-refractivity contribution in [3.63, 3.8) is 0 Å². The highest BCUT2D eigenvalue weighted by atomic mass is 16.3. The van der Waals surface area contributed by atoms with Crippen LogP contribution in [0.25, 0.3) is 77.2 Å². The zero-order valence-electron chi connectivity index (χ0n) is 34.7. The van der Waals surface area contributed by atoms with Gasteiger partial charge in [-0.05, 0) is 128 Å². The summed E-state index contributed by atoms with van der Waals surface area (Å²) in [5, 5.41) is 4.62. The van der Waals surface area contributed by atoms with Crippen LogP contribution in [0.15, 0.2) is 223 Å². The van der Waals surface area contributed by atoms with Gasteiger partial charge in [0.05, 0.1) is 5.69 Å². The Morgan fingerprint density at radius 3 is 1.62 bits per heavy atom. The number of furan rings is 1. The molecule has 13 rings (SSSR count). The number of fused-ring (bicyclic) bond motifs is 9. The second-order valence-corrected chi connectivity index (χ2v) is 17.0. The molecule has 3 heterocycles. The lowest BCUT2D eigenvalue weighted by molar-refractivity contribution is 0.670. The predicted octanol–water partition coefficient (Wildman–Crippen LogP) is 14.8. The van der Waals surface area contributed by atoms with Gasteiger partial charge in [0.2, 0.25) is 0 Å². The van der Waals surface area contributed by atoms with E-state index in [2.05, 4.69) is 235 Å². The van der Waals surface area contributed by atoms with Crippen molar-refractivity contribution in [3.8, 4) is 44.5 Å². The van der Waals surface area contributed by atoms with Crippen molar-refractivity contribution in [2.45, 2.75) is 6.92 Å². The third kappa shape index (κ3) is 5.61. The number of hydrogen-bond donors (Lipinski definition) is 0. The average molecular weight is 803 g/mol. The summed E-state index contributed by atoms with van der Waals surface area (Å²) in [7, 11) is 0. The van der Waals surface area contributed by atoms with Crippen LogP contribution < -0.4 is 20.6 Å². The summed E-state index contributed by atoms with van der Waals surface area (Å²) in [5.41, 5.74) is 20.7. The fraction of sp³-hybridized carbons (Fsp3) is 0.0169. The van der Waals surface area contributed by atoms with Crippen LogP contribution in [0.1, 0.15) is 5.56 Å². The van der Waals surface area contributed by atoms with Gasteiger partial charge in [-0.2, -0.15) is 0 Å². The smallest absolute Gasteiger partial charge is 0.333 e. The van der Waals surface area contributed by atoms with Gasteiger partial charge in [0.1, 0.15) is 5.58 Å². The van der Waals surface area contributed by atoms with Crippen LogP contribution in [-0.2, 0) is 0 Å². The summed E-state index contributed by atoms with van der Waals surface area (Å²) < 4.78 is 7.16. The maximum absolute atomic E-state index is 7.16. The fourth-order valence-corrected chi connectivity index (χ4v) is 10.3. The molecule has 0 atom stereocenters. The van der Waals surface area contributed by atoms with Crippen molar-refractivity contribution < 1.29 is 4.42 Å². The zero-order valence-corrected chi connectivity index (χ0v) is 34.7. The van der Waals surface area contributed by atoms with Crippen molar-refractivity contribution >= 4 is 78.9 Å². The lowest BCUT2D eigenvalue weighted by Gasteiger charge is -2.46. The third-order valence-corrected chi connectivity index (χ3v) is 13.2. The monoisotopic (exact) mass is 802 g/mol. The van der Waals surface area contributed by atoms with E-state index < -0.39 is 0 Å². The molecule has 294 valence electrons. The second-order valence-electron chi connectivity index (χ2n) is 17.0. The second kappa shape index (κ2) is 14.0.